The lowest BCUT2D eigenvalue weighted by molar-refractivity contribution is -0.146. The van der Waals surface area contributed by atoms with Gasteiger partial charge in [-0.3, -0.25) is 4.79 Å². The quantitative estimate of drug-likeness (QED) is 0.364. The third-order valence-electron chi connectivity index (χ3n) is 7.13. The van der Waals surface area contributed by atoms with Crippen LogP contribution in [0.2, 0.25) is 0 Å². The summed E-state index contributed by atoms with van der Waals surface area (Å²) in [4.78, 5) is 41.7. The maximum atomic E-state index is 13.8. The third kappa shape index (κ3) is 7.55. The van der Waals surface area contributed by atoms with Gasteiger partial charge in [0, 0.05) is 42.9 Å². The van der Waals surface area contributed by atoms with Crippen LogP contribution in [0.25, 0.3) is 22.5 Å². The predicted octanol–water partition coefficient (Wildman–Crippen LogP) is 2.96. The Balaban J connectivity index is 1.65. The van der Waals surface area contributed by atoms with E-state index >= 15 is 0 Å². The first-order valence-electron chi connectivity index (χ1n) is 14.4. The number of esters is 1. The van der Waals surface area contributed by atoms with Gasteiger partial charge in [0.1, 0.15) is 17.0 Å². The molecule has 3 heterocycles. The van der Waals surface area contributed by atoms with Gasteiger partial charge in [-0.1, -0.05) is 23.8 Å². The van der Waals surface area contributed by atoms with Crippen LogP contribution < -0.4 is 0 Å². The van der Waals surface area contributed by atoms with Gasteiger partial charge in [-0.15, -0.1) is 10.2 Å². The summed E-state index contributed by atoms with van der Waals surface area (Å²) in [7, 11) is 1.23. The van der Waals surface area contributed by atoms with Crippen LogP contribution in [-0.4, -0.2) is 108 Å². The molecule has 0 aliphatic carbocycles. The topological polar surface area (TPSA) is 158 Å². The van der Waals surface area contributed by atoms with Crippen LogP contribution in [0.1, 0.15) is 69.9 Å². The minimum Gasteiger partial charge on any atom is -0.467 e. The lowest BCUT2D eigenvalue weighted by atomic mass is 10.0. The highest BCUT2D eigenvalue weighted by atomic mass is 16.6. The van der Waals surface area contributed by atoms with Crippen molar-refractivity contribution < 1.29 is 29.0 Å². The minimum atomic E-state index is -1.06. The molecule has 232 valence electrons. The van der Waals surface area contributed by atoms with Crippen LogP contribution in [0.15, 0.2) is 30.6 Å². The largest absolute Gasteiger partial charge is 0.467 e. The Morgan fingerprint density at radius 1 is 0.930 bits per heavy atom. The maximum absolute atomic E-state index is 13.8. The first kappa shape index (κ1) is 31.6. The summed E-state index contributed by atoms with van der Waals surface area (Å²) in [6.07, 6.45) is 4.91. The summed E-state index contributed by atoms with van der Waals surface area (Å²) in [6.45, 7) is 10.5. The first-order chi connectivity index (χ1) is 20.4. The average Bonchev–Trinajstić information content (AvgIpc) is 3.67. The summed E-state index contributed by atoms with van der Waals surface area (Å²) >= 11 is 0. The molecule has 1 N–H and O–H groups in total. The predicted molar refractivity (Wildman–Crippen MR) is 156 cm³/mol. The number of rotatable bonds is 9. The third-order valence-corrected chi connectivity index (χ3v) is 7.13. The molecule has 2 aromatic heterocycles. The summed E-state index contributed by atoms with van der Waals surface area (Å²) in [6, 6.07) is 4.40. The van der Waals surface area contributed by atoms with Gasteiger partial charge in [0.15, 0.2) is 6.04 Å². The molecule has 1 saturated heterocycles. The molecule has 0 radical (unpaired) electrons. The van der Waals surface area contributed by atoms with Crippen LogP contribution in [0.3, 0.4) is 0 Å². The highest BCUT2D eigenvalue weighted by molar-refractivity contribution is 5.97. The van der Waals surface area contributed by atoms with Crippen molar-refractivity contribution in [3.8, 4) is 22.5 Å². The number of amides is 2. The Hall–Kier alpha value is -4.33. The standard InChI is InChI=1S/C29H40N8O6/c1-7-8-19(2)36-16-23(30-32-36)20-13-21(24-17-37(33-31-24)25(18-38)27(40)42-6)15-22(14-20)26(39)34-9-11-35(12-10-34)28(41)43-29(3,4)5/h13-17,19,25,38H,7-12,18H2,1-6H3/t19-,25-/m1/s1. The van der Waals surface area contributed by atoms with E-state index in [-0.39, 0.29) is 11.9 Å². The number of carbonyl (C=O) groups is 3. The van der Waals surface area contributed by atoms with Crippen LogP contribution in [-0.2, 0) is 14.3 Å². The Kier molecular flexibility index (Phi) is 9.79. The molecular weight excluding hydrogens is 556 g/mol. The van der Waals surface area contributed by atoms with E-state index in [0.717, 1.165) is 12.8 Å². The Labute approximate surface area is 250 Å². The van der Waals surface area contributed by atoms with Crippen molar-refractivity contribution in [2.45, 2.75) is 65.1 Å². The number of ether oxygens (including phenoxy) is 2. The SMILES string of the molecule is CCC[C@@H](C)n1cc(-c2cc(C(=O)N3CCN(C(=O)OC(C)(C)C)CC3)cc(-c3cn([C@H](CO)C(=O)OC)nn3)c2)nn1. The van der Waals surface area contributed by atoms with Gasteiger partial charge < -0.3 is 24.4 Å². The molecule has 1 aliphatic heterocycles. The number of aliphatic hydroxyl groups excluding tert-OH is 1. The normalized spacial score (nSPS) is 15.2. The van der Waals surface area contributed by atoms with E-state index in [0.29, 0.717) is 54.3 Å². The van der Waals surface area contributed by atoms with Gasteiger partial charge in [-0.05, 0) is 52.3 Å². The second kappa shape index (κ2) is 13.3. The molecule has 0 spiro atoms. The zero-order chi connectivity index (χ0) is 31.3. The molecule has 14 heteroatoms. The van der Waals surface area contributed by atoms with Gasteiger partial charge in [-0.2, -0.15) is 0 Å². The van der Waals surface area contributed by atoms with Crippen molar-refractivity contribution in [3.63, 3.8) is 0 Å². The molecule has 43 heavy (non-hydrogen) atoms. The number of piperazine rings is 1. The molecule has 0 unspecified atom stereocenters. The molecule has 0 bridgehead atoms. The van der Waals surface area contributed by atoms with E-state index in [1.165, 1.54) is 18.0 Å². The van der Waals surface area contributed by atoms with Crippen LogP contribution in [0.5, 0.6) is 0 Å². The lowest BCUT2D eigenvalue weighted by Gasteiger charge is -2.35. The maximum Gasteiger partial charge on any atom is 0.410 e. The molecule has 2 amide bonds. The summed E-state index contributed by atoms with van der Waals surface area (Å²) in [5, 5.41) is 26.6. The second-order valence-corrected chi connectivity index (χ2v) is 11.6. The molecule has 1 aromatic carbocycles. The minimum absolute atomic E-state index is 0.158. The number of methoxy groups -OCH3 is 1. The lowest BCUT2D eigenvalue weighted by Crippen LogP contribution is -2.51. The second-order valence-electron chi connectivity index (χ2n) is 11.6. The number of nitrogens with zero attached hydrogens (tertiary/aromatic N) is 8. The summed E-state index contributed by atoms with van der Waals surface area (Å²) < 4.78 is 13.3. The van der Waals surface area contributed by atoms with Crippen molar-refractivity contribution in [2.24, 2.45) is 0 Å². The van der Waals surface area contributed by atoms with Crippen LogP contribution >= 0.6 is 0 Å². The van der Waals surface area contributed by atoms with Gasteiger partial charge in [0.25, 0.3) is 5.91 Å². The average molecular weight is 597 g/mol. The van der Waals surface area contributed by atoms with E-state index in [9.17, 15) is 19.5 Å². The van der Waals surface area contributed by atoms with Gasteiger partial charge >= 0.3 is 12.1 Å². The van der Waals surface area contributed by atoms with E-state index < -0.39 is 30.3 Å². The number of carbonyl (C=O) groups excluding carboxylic acids is 3. The van der Waals surface area contributed by atoms with E-state index in [1.54, 1.807) is 26.6 Å². The summed E-state index contributed by atoms with van der Waals surface area (Å²) in [5.41, 5.74) is 1.99. The fourth-order valence-electron chi connectivity index (χ4n) is 4.79. The number of hydrogen-bond donors (Lipinski definition) is 1. The van der Waals surface area contributed by atoms with Crippen molar-refractivity contribution >= 4 is 18.0 Å². The molecule has 2 atom stereocenters. The van der Waals surface area contributed by atoms with Crippen molar-refractivity contribution in [1.82, 2.24) is 39.8 Å². The smallest absolute Gasteiger partial charge is 0.410 e. The molecule has 3 aromatic rings. The number of benzene rings is 1. The summed E-state index contributed by atoms with van der Waals surface area (Å²) in [5.74, 6) is -0.874. The highest BCUT2D eigenvalue weighted by Gasteiger charge is 2.29. The van der Waals surface area contributed by atoms with Crippen molar-refractivity contribution in [1.29, 1.82) is 0 Å². The van der Waals surface area contributed by atoms with Crippen molar-refractivity contribution in [3.05, 3.63) is 36.2 Å². The van der Waals surface area contributed by atoms with Crippen LogP contribution in [0, 0.1) is 0 Å². The Morgan fingerprint density at radius 2 is 1.49 bits per heavy atom. The molecule has 4 rings (SSSR count). The zero-order valence-electron chi connectivity index (χ0n) is 25.6. The number of hydrogen-bond acceptors (Lipinski definition) is 10. The number of aliphatic hydroxyl groups is 1. The van der Waals surface area contributed by atoms with Gasteiger partial charge in [0.2, 0.25) is 0 Å². The molecule has 0 saturated carbocycles. The Bertz CT molecular complexity index is 1440. The fourth-order valence-corrected chi connectivity index (χ4v) is 4.79. The van der Waals surface area contributed by atoms with Gasteiger partial charge in [0.05, 0.1) is 32.2 Å². The monoisotopic (exact) mass is 596 g/mol. The fraction of sp³-hybridized carbons (Fsp3) is 0.552. The highest BCUT2D eigenvalue weighted by Crippen LogP contribution is 2.28. The number of aromatic nitrogens is 6. The Morgan fingerprint density at radius 3 is 2.02 bits per heavy atom. The molecule has 1 aliphatic rings. The van der Waals surface area contributed by atoms with Crippen molar-refractivity contribution in [2.75, 3.05) is 39.9 Å². The van der Waals surface area contributed by atoms with E-state index in [1.807, 2.05) is 33.0 Å². The molecule has 14 nitrogen and oxygen atoms in total. The first-order valence-corrected chi connectivity index (χ1v) is 14.4. The molecular formula is C29H40N8O6. The van der Waals surface area contributed by atoms with E-state index in [4.69, 9.17) is 9.47 Å². The van der Waals surface area contributed by atoms with Crippen LogP contribution in [0.4, 0.5) is 4.79 Å². The molecule has 1 fully saturated rings. The van der Waals surface area contributed by atoms with E-state index in [2.05, 4.69) is 34.5 Å². The van der Waals surface area contributed by atoms with Gasteiger partial charge in [-0.25, -0.2) is 19.0 Å². The zero-order valence-corrected chi connectivity index (χ0v) is 25.6.